The second-order valence-corrected chi connectivity index (χ2v) is 6.58. The standard InChI is InChI=1S/C19H15BrN2O2S/c1-24-17-9-8-15(11-16(17)20)21-19(25)22-18(23)14-7-6-12-4-2-3-5-13(12)10-14/h2-11H,1H3,(H2,21,22,23,25). The zero-order chi connectivity index (χ0) is 17.8. The molecule has 0 bridgehead atoms. The Bertz CT molecular complexity index is 959. The van der Waals surface area contributed by atoms with E-state index in [0.717, 1.165) is 26.7 Å². The third-order valence-corrected chi connectivity index (χ3v) is 4.47. The first-order valence-corrected chi connectivity index (χ1v) is 8.71. The molecule has 126 valence electrons. The summed E-state index contributed by atoms with van der Waals surface area (Å²) in [5.74, 6) is 0.465. The smallest absolute Gasteiger partial charge is 0.257 e. The van der Waals surface area contributed by atoms with Gasteiger partial charge in [-0.25, -0.2) is 0 Å². The van der Waals surface area contributed by atoms with Gasteiger partial charge in [0.05, 0.1) is 11.6 Å². The molecule has 1 amide bonds. The molecule has 0 unspecified atom stereocenters. The van der Waals surface area contributed by atoms with Crippen LogP contribution >= 0.6 is 28.1 Å². The van der Waals surface area contributed by atoms with Crippen molar-refractivity contribution >= 4 is 55.6 Å². The largest absolute Gasteiger partial charge is 0.496 e. The van der Waals surface area contributed by atoms with E-state index in [4.69, 9.17) is 17.0 Å². The van der Waals surface area contributed by atoms with Crippen molar-refractivity contribution in [3.05, 3.63) is 70.7 Å². The number of methoxy groups -OCH3 is 1. The molecule has 2 N–H and O–H groups in total. The lowest BCUT2D eigenvalue weighted by Gasteiger charge is -2.11. The normalized spacial score (nSPS) is 10.3. The number of ether oxygens (including phenoxy) is 1. The van der Waals surface area contributed by atoms with Crippen LogP contribution in [0.5, 0.6) is 5.75 Å². The number of benzene rings is 3. The molecule has 3 aromatic rings. The number of fused-ring (bicyclic) bond motifs is 1. The van der Waals surface area contributed by atoms with Gasteiger partial charge in [-0.1, -0.05) is 30.3 Å². The van der Waals surface area contributed by atoms with E-state index in [1.54, 1.807) is 19.2 Å². The fraction of sp³-hybridized carbons (Fsp3) is 0.0526. The van der Waals surface area contributed by atoms with Gasteiger partial charge >= 0.3 is 0 Å². The van der Waals surface area contributed by atoms with Gasteiger partial charge in [-0.05, 0) is 69.3 Å². The summed E-state index contributed by atoms with van der Waals surface area (Å²) in [6, 6.07) is 18.9. The molecule has 3 aromatic carbocycles. The van der Waals surface area contributed by atoms with Gasteiger partial charge in [-0.15, -0.1) is 0 Å². The molecule has 0 spiro atoms. The Hall–Kier alpha value is -2.44. The highest BCUT2D eigenvalue weighted by Crippen LogP contribution is 2.27. The summed E-state index contributed by atoms with van der Waals surface area (Å²) in [7, 11) is 1.60. The fourth-order valence-corrected chi connectivity index (χ4v) is 3.16. The average molecular weight is 415 g/mol. The molecule has 0 saturated heterocycles. The summed E-state index contributed by atoms with van der Waals surface area (Å²) in [5, 5.41) is 8.00. The maximum atomic E-state index is 12.4. The molecule has 0 radical (unpaired) electrons. The second kappa shape index (κ2) is 7.63. The summed E-state index contributed by atoms with van der Waals surface area (Å²) in [6.45, 7) is 0. The van der Waals surface area contributed by atoms with Crippen molar-refractivity contribution in [2.75, 3.05) is 12.4 Å². The third kappa shape index (κ3) is 4.15. The van der Waals surface area contributed by atoms with Crippen LogP contribution < -0.4 is 15.4 Å². The van der Waals surface area contributed by atoms with Crippen molar-refractivity contribution in [2.24, 2.45) is 0 Å². The molecular weight excluding hydrogens is 400 g/mol. The summed E-state index contributed by atoms with van der Waals surface area (Å²) in [6.07, 6.45) is 0. The van der Waals surface area contributed by atoms with Gasteiger partial charge in [-0.2, -0.15) is 0 Å². The van der Waals surface area contributed by atoms with Crippen molar-refractivity contribution in [3.63, 3.8) is 0 Å². The number of hydrogen-bond donors (Lipinski definition) is 2. The molecule has 0 aliphatic carbocycles. The van der Waals surface area contributed by atoms with Gasteiger partial charge in [0.15, 0.2) is 5.11 Å². The summed E-state index contributed by atoms with van der Waals surface area (Å²) >= 11 is 8.64. The lowest BCUT2D eigenvalue weighted by atomic mass is 10.1. The fourth-order valence-electron chi connectivity index (χ4n) is 2.41. The van der Waals surface area contributed by atoms with Crippen molar-refractivity contribution in [3.8, 4) is 5.75 Å². The molecule has 3 rings (SSSR count). The van der Waals surface area contributed by atoms with Crippen LogP contribution in [0.4, 0.5) is 5.69 Å². The summed E-state index contributed by atoms with van der Waals surface area (Å²) in [5.41, 5.74) is 1.30. The van der Waals surface area contributed by atoms with Crippen molar-refractivity contribution < 1.29 is 9.53 Å². The minimum Gasteiger partial charge on any atom is -0.496 e. The highest BCUT2D eigenvalue weighted by atomic mass is 79.9. The Balaban J connectivity index is 1.69. The molecule has 0 fully saturated rings. The van der Waals surface area contributed by atoms with Crippen LogP contribution in [0.3, 0.4) is 0 Å². The average Bonchev–Trinajstić information content (AvgIpc) is 2.61. The molecule has 25 heavy (non-hydrogen) atoms. The Labute approximate surface area is 159 Å². The van der Waals surface area contributed by atoms with E-state index in [9.17, 15) is 4.79 Å². The van der Waals surface area contributed by atoms with E-state index in [2.05, 4.69) is 26.6 Å². The van der Waals surface area contributed by atoms with Crippen LogP contribution in [-0.4, -0.2) is 18.1 Å². The third-order valence-electron chi connectivity index (χ3n) is 3.65. The predicted octanol–water partition coefficient (Wildman–Crippen LogP) is 4.74. The van der Waals surface area contributed by atoms with Crippen molar-refractivity contribution in [1.29, 1.82) is 0 Å². The van der Waals surface area contributed by atoms with E-state index in [1.807, 2.05) is 48.5 Å². The van der Waals surface area contributed by atoms with Gasteiger partial charge in [0.25, 0.3) is 5.91 Å². The van der Waals surface area contributed by atoms with Crippen LogP contribution in [0.1, 0.15) is 10.4 Å². The lowest BCUT2D eigenvalue weighted by Crippen LogP contribution is -2.34. The summed E-state index contributed by atoms with van der Waals surface area (Å²) < 4.78 is 5.98. The molecular formula is C19H15BrN2O2S. The molecule has 0 heterocycles. The van der Waals surface area contributed by atoms with Crippen molar-refractivity contribution in [1.82, 2.24) is 5.32 Å². The number of carbonyl (C=O) groups excluding carboxylic acids is 1. The van der Waals surface area contributed by atoms with Crippen LogP contribution in [0.15, 0.2) is 65.1 Å². The van der Waals surface area contributed by atoms with E-state index in [-0.39, 0.29) is 11.0 Å². The molecule has 0 aliphatic rings. The maximum absolute atomic E-state index is 12.4. The first kappa shape index (κ1) is 17.4. The molecule has 0 atom stereocenters. The van der Waals surface area contributed by atoms with Crippen molar-refractivity contribution in [2.45, 2.75) is 0 Å². The van der Waals surface area contributed by atoms with Gasteiger partial charge in [-0.3, -0.25) is 10.1 Å². The number of halogens is 1. The van der Waals surface area contributed by atoms with Crippen LogP contribution in [-0.2, 0) is 0 Å². The minimum atomic E-state index is -0.254. The van der Waals surface area contributed by atoms with Crippen LogP contribution in [0, 0.1) is 0 Å². The van der Waals surface area contributed by atoms with Gasteiger partial charge < -0.3 is 10.1 Å². The van der Waals surface area contributed by atoms with E-state index in [1.165, 1.54) is 0 Å². The number of hydrogen-bond acceptors (Lipinski definition) is 3. The minimum absolute atomic E-state index is 0.232. The van der Waals surface area contributed by atoms with E-state index in [0.29, 0.717) is 5.56 Å². The number of rotatable bonds is 3. The number of nitrogens with one attached hydrogen (secondary N) is 2. The zero-order valence-electron chi connectivity index (χ0n) is 13.4. The molecule has 6 heteroatoms. The monoisotopic (exact) mass is 414 g/mol. The maximum Gasteiger partial charge on any atom is 0.257 e. The highest BCUT2D eigenvalue weighted by molar-refractivity contribution is 9.10. The molecule has 0 saturated carbocycles. The Morgan fingerprint density at radius 2 is 1.80 bits per heavy atom. The first-order valence-electron chi connectivity index (χ1n) is 7.51. The zero-order valence-corrected chi connectivity index (χ0v) is 15.8. The van der Waals surface area contributed by atoms with Crippen LogP contribution in [0.25, 0.3) is 10.8 Å². The second-order valence-electron chi connectivity index (χ2n) is 5.32. The Morgan fingerprint density at radius 3 is 2.52 bits per heavy atom. The number of amides is 1. The lowest BCUT2D eigenvalue weighted by molar-refractivity contribution is 0.0978. The van der Waals surface area contributed by atoms with Gasteiger partial charge in [0, 0.05) is 11.3 Å². The number of carbonyl (C=O) groups is 1. The predicted molar refractivity (Wildman–Crippen MR) is 108 cm³/mol. The van der Waals surface area contributed by atoms with E-state index < -0.39 is 0 Å². The number of anilines is 1. The highest BCUT2D eigenvalue weighted by Gasteiger charge is 2.09. The van der Waals surface area contributed by atoms with Gasteiger partial charge in [0.1, 0.15) is 5.75 Å². The number of thiocarbonyl (C=S) groups is 1. The molecule has 0 aromatic heterocycles. The quantitative estimate of drug-likeness (QED) is 0.607. The van der Waals surface area contributed by atoms with Crippen LogP contribution in [0.2, 0.25) is 0 Å². The molecule has 0 aliphatic heterocycles. The summed E-state index contributed by atoms with van der Waals surface area (Å²) in [4.78, 5) is 12.4. The van der Waals surface area contributed by atoms with Gasteiger partial charge in [0.2, 0.25) is 0 Å². The Morgan fingerprint density at radius 1 is 1.04 bits per heavy atom. The van der Waals surface area contributed by atoms with E-state index >= 15 is 0 Å². The SMILES string of the molecule is COc1ccc(NC(=S)NC(=O)c2ccc3ccccc3c2)cc1Br. The molecule has 4 nitrogen and oxygen atoms in total. The Kier molecular flexibility index (Phi) is 5.31. The first-order chi connectivity index (χ1) is 12.1. The topological polar surface area (TPSA) is 50.4 Å².